The van der Waals surface area contributed by atoms with Crippen molar-refractivity contribution in [2.45, 2.75) is 190 Å². The third-order valence-corrected chi connectivity index (χ3v) is 25.4. The maximum atomic E-state index is 15.5. The highest BCUT2D eigenvalue weighted by Gasteiger charge is 2.45. The number of H-pyrrole nitrogens is 1. The zero-order chi connectivity index (χ0) is 95.1. The first-order chi connectivity index (χ1) is 62.7. The Morgan fingerprint density at radius 3 is 1.61 bits per heavy atom. The van der Waals surface area contributed by atoms with E-state index in [2.05, 4.69) is 47.5 Å². The quantitative estimate of drug-likeness (QED) is 0.0244. The number of carbonyl (C=O) groups is 15. The van der Waals surface area contributed by atoms with Crippen molar-refractivity contribution in [1.29, 1.82) is 0 Å². The average Bonchev–Trinajstić information content (AvgIpc) is 1.18. The highest BCUT2D eigenvalue weighted by Crippen LogP contribution is 2.29. The third-order valence-electron chi connectivity index (χ3n) is 23.3. The molecular formula is C95H123N17O17S2. The molecule has 3 heterocycles. The number of rotatable bonds is 48. The maximum absolute atomic E-state index is 15.5. The Bertz CT molecular complexity index is 5080. The number of phenolic OH excluding ortho intramolecular Hbond substituents is 2. The number of unbranched alkanes of at least 4 members (excludes halogenated alkanes) is 1. The smallest absolute Gasteiger partial charge is 0.246 e. The summed E-state index contributed by atoms with van der Waals surface area (Å²) < 4.78 is 0. The SMILES string of the molecule is CCCC[C@@H](C(=O)N1CCC[C@@H]1C(=O)N[C@H](C=O)CN)N(C)C(=O)C(Cc1ccccc1)N(C)C(=O)[C@H](Cc1ccccc1)NC(=O)CSC[C@H](NC(=O)[C@H](CC(C)C)NC(=O)[C@H](Cc1ccc(O)cc1)NC(=O)[C@H](Cc1c[nH]c2ccccc12)NC(=O)[C@H]1CSCN1C(=O)[C@H](Cc1ccc(O)cc1)NC(=O)C(Cc1ccccc1)N(C)C(=O)[C@@H](N)C(C)C)C(=O)NCC(N)=O. The van der Waals surface area contributed by atoms with Gasteiger partial charge in [0.1, 0.15) is 84.2 Å². The molecule has 2 unspecified atom stereocenters. The number of carbonyl (C=O) groups excluding carboxylic acids is 15. The minimum absolute atomic E-state index is 0.0218. The predicted molar refractivity (Wildman–Crippen MR) is 498 cm³/mol. The molecule has 702 valence electrons. The Morgan fingerprint density at radius 2 is 1.04 bits per heavy atom. The second kappa shape index (κ2) is 49.9. The van der Waals surface area contributed by atoms with E-state index in [1.807, 2.05) is 19.1 Å². The molecule has 0 radical (unpaired) electrons. The monoisotopic (exact) mass is 1840 g/mol. The molecule has 7 aromatic rings. The fourth-order valence-electron chi connectivity index (χ4n) is 15.8. The van der Waals surface area contributed by atoms with E-state index in [0.29, 0.717) is 76.3 Å². The van der Waals surface area contributed by atoms with Crippen LogP contribution in [0.3, 0.4) is 0 Å². The van der Waals surface area contributed by atoms with E-state index in [1.165, 1.54) is 93.8 Å². The van der Waals surface area contributed by atoms with Crippen LogP contribution in [0.15, 0.2) is 170 Å². The number of nitrogens with two attached hydrogens (primary N) is 3. The summed E-state index contributed by atoms with van der Waals surface area (Å²) >= 11 is 2.09. The van der Waals surface area contributed by atoms with Gasteiger partial charge in [-0.1, -0.05) is 181 Å². The number of para-hydroxylation sites is 1. The summed E-state index contributed by atoms with van der Waals surface area (Å²) in [6.45, 7) is 8.38. The van der Waals surface area contributed by atoms with Crippen molar-refractivity contribution in [2.24, 2.45) is 29.0 Å². The van der Waals surface area contributed by atoms with Crippen LogP contribution in [0.4, 0.5) is 0 Å². The molecule has 131 heavy (non-hydrogen) atoms. The number of amides is 14. The number of aromatic nitrogens is 1. The number of primary amides is 1. The summed E-state index contributed by atoms with van der Waals surface area (Å²) in [6, 6.07) is 29.0. The Hall–Kier alpha value is -12.7. The molecule has 0 bridgehead atoms. The fraction of sp³-hybridized carbons (Fsp3) is 0.442. The molecule has 36 heteroatoms. The number of hydrogen-bond acceptors (Lipinski definition) is 21. The molecule has 2 fully saturated rings. The summed E-state index contributed by atoms with van der Waals surface area (Å²) in [7, 11) is 4.38. The highest BCUT2D eigenvalue weighted by atomic mass is 32.2. The number of nitrogens with one attached hydrogen (secondary N) is 9. The van der Waals surface area contributed by atoms with Crippen LogP contribution < -0.4 is 59.7 Å². The van der Waals surface area contributed by atoms with E-state index in [0.717, 1.165) is 11.8 Å². The second-order valence-electron chi connectivity index (χ2n) is 33.9. The summed E-state index contributed by atoms with van der Waals surface area (Å²) in [4.78, 5) is 227. The normalized spacial score (nSPS) is 16.2. The molecule has 17 N–H and O–H groups in total. The van der Waals surface area contributed by atoms with E-state index in [1.54, 1.807) is 149 Å². The number of fused-ring (bicyclic) bond motifs is 1. The number of phenols is 2. The first-order valence-corrected chi connectivity index (χ1v) is 46.4. The van der Waals surface area contributed by atoms with Gasteiger partial charge in [-0.3, -0.25) is 67.1 Å². The van der Waals surface area contributed by atoms with Gasteiger partial charge in [0.15, 0.2) is 0 Å². The number of aldehydes is 1. The van der Waals surface area contributed by atoms with Crippen LogP contribution in [0.1, 0.15) is 107 Å². The lowest BCUT2D eigenvalue weighted by molar-refractivity contribution is -0.152. The van der Waals surface area contributed by atoms with E-state index < -0.39 is 174 Å². The number of thioether (sulfide) groups is 2. The van der Waals surface area contributed by atoms with Gasteiger partial charge in [-0.05, 0) is 101 Å². The Kier molecular flexibility index (Phi) is 38.9. The molecule has 1 aromatic heterocycles. The lowest BCUT2D eigenvalue weighted by atomic mass is 9.99. The predicted octanol–water partition coefficient (Wildman–Crippen LogP) is 2.81. The summed E-state index contributed by atoms with van der Waals surface area (Å²) in [5.74, 6) is -12.0. The molecular weight excluding hydrogens is 1720 g/mol. The first kappa shape index (κ1) is 102. The van der Waals surface area contributed by atoms with Crippen molar-refractivity contribution in [1.82, 2.24) is 72.0 Å². The average molecular weight is 1840 g/mol. The van der Waals surface area contributed by atoms with Gasteiger partial charge in [0, 0.05) is 101 Å². The zero-order valence-electron chi connectivity index (χ0n) is 75.1. The van der Waals surface area contributed by atoms with Crippen molar-refractivity contribution >= 4 is 123 Å². The molecule has 0 spiro atoms. The number of benzene rings is 6. The Labute approximate surface area is 771 Å². The number of nitrogens with zero attached hydrogens (tertiary/aromatic N) is 5. The molecule has 2 aliphatic heterocycles. The van der Waals surface area contributed by atoms with Crippen LogP contribution in [0, 0.1) is 11.8 Å². The first-order valence-electron chi connectivity index (χ1n) is 44.0. The van der Waals surface area contributed by atoms with Crippen LogP contribution in [0.2, 0.25) is 0 Å². The minimum Gasteiger partial charge on any atom is -0.508 e. The van der Waals surface area contributed by atoms with E-state index in [4.69, 9.17) is 17.2 Å². The molecule has 14 amide bonds. The Morgan fingerprint density at radius 1 is 0.534 bits per heavy atom. The Balaban J connectivity index is 0.947. The topological polar surface area (TPSA) is 503 Å². The van der Waals surface area contributed by atoms with Crippen LogP contribution in [-0.2, 0) is 110 Å². The van der Waals surface area contributed by atoms with Crippen LogP contribution >= 0.6 is 23.5 Å². The largest absolute Gasteiger partial charge is 0.508 e. The summed E-state index contributed by atoms with van der Waals surface area (Å²) in [6.07, 6.45) is 3.54. The minimum atomic E-state index is -1.57. The molecule has 6 aromatic carbocycles. The molecule has 34 nitrogen and oxygen atoms in total. The van der Waals surface area contributed by atoms with E-state index in [9.17, 15) is 48.6 Å². The molecule has 9 rings (SSSR count). The van der Waals surface area contributed by atoms with Gasteiger partial charge < -0.3 is 104 Å². The van der Waals surface area contributed by atoms with E-state index in [-0.39, 0.29) is 105 Å². The number of likely N-dealkylation sites (N-methyl/N-ethyl adjacent to an activating group) is 3. The van der Waals surface area contributed by atoms with Crippen molar-refractivity contribution < 1.29 is 82.1 Å². The number of likely N-dealkylation sites (tertiary alicyclic amines) is 1. The van der Waals surface area contributed by atoms with Crippen molar-refractivity contribution in [2.75, 3.05) is 63.9 Å². The van der Waals surface area contributed by atoms with Gasteiger partial charge in [0.25, 0.3) is 0 Å². The van der Waals surface area contributed by atoms with Crippen LogP contribution in [-0.4, -0.2) is 271 Å². The second-order valence-corrected chi connectivity index (χ2v) is 36.0. The van der Waals surface area contributed by atoms with Crippen LogP contribution in [0.5, 0.6) is 11.5 Å². The van der Waals surface area contributed by atoms with Crippen molar-refractivity contribution in [3.05, 3.63) is 203 Å². The maximum Gasteiger partial charge on any atom is 0.246 e. The molecule has 0 saturated carbocycles. The van der Waals surface area contributed by atoms with Gasteiger partial charge in [-0.25, -0.2) is 0 Å². The number of aromatic hydroxyl groups is 2. The van der Waals surface area contributed by atoms with Gasteiger partial charge in [-0.2, -0.15) is 0 Å². The molecule has 13 atom stereocenters. The molecule has 0 aliphatic carbocycles. The van der Waals surface area contributed by atoms with Crippen molar-refractivity contribution in [3.8, 4) is 11.5 Å². The van der Waals surface area contributed by atoms with Gasteiger partial charge in [0.2, 0.25) is 82.7 Å². The standard InChI is InChI=1S/C95H123N17O17S2/c1-9-10-31-77(94(128)111-41-22-32-76(111)88(122)101-65(49-96)52-113)108(6)93(127)79(47-61-27-18-13-19-28-61)110(8)91(125)73(44-59-23-14-11-15-24-59)102-82(117)55-130-53-75(84(118)100-51-81(97)116)107-85(119)70(42-57(2)3)103-86(120)71(43-62-33-37-66(114)38-34-62)104-87(121)72(48-64-50-99-69-30-21-20-29-68(64)69)105-90(124)80-54-131-56-112(80)92(126)74(45-63-35-39-67(115)40-36-63)106-89(123)78(46-60-25-16-12-17-26-60)109(7)95(129)83(98)58(4)5/h11-21,23-30,33-40,50,52,57-58,65,70-80,83,99,114-115H,9-10,22,31-32,41-49,51,53-56,96,98H2,1-8H3,(H2,97,116)(H,100,118)(H,101,122)(H,102,117)(H,103,120)(H,104,121)(H,105,124)(H,106,123)(H,107,119)/t65-,70-,71-,72-,73-,74-,75-,76+,77-,78?,79?,80+,83-/m0/s1. The van der Waals surface area contributed by atoms with Gasteiger partial charge in [0.05, 0.1) is 30.3 Å². The number of aromatic amines is 1. The van der Waals surface area contributed by atoms with Crippen molar-refractivity contribution in [3.63, 3.8) is 0 Å². The molecule has 2 aliphatic rings. The van der Waals surface area contributed by atoms with Crippen LogP contribution in [0.25, 0.3) is 10.9 Å². The summed E-state index contributed by atoms with van der Waals surface area (Å²) in [5.41, 5.74) is 21.8. The highest BCUT2D eigenvalue weighted by molar-refractivity contribution is 8.00. The van der Waals surface area contributed by atoms with Gasteiger partial charge in [-0.15, -0.1) is 23.5 Å². The third kappa shape index (κ3) is 29.4. The lowest BCUT2D eigenvalue weighted by Gasteiger charge is -2.38. The number of hydrogen-bond donors (Lipinski definition) is 14. The fourth-order valence-corrected chi connectivity index (χ4v) is 17.8. The summed E-state index contributed by atoms with van der Waals surface area (Å²) in [5, 5.41) is 43.4. The zero-order valence-corrected chi connectivity index (χ0v) is 76.8. The molecule has 2 saturated heterocycles. The lowest BCUT2D eigenvalue weighted by Crippen LogP contribution is -2.61. The van der Waals surface area contributed by atoms with E-state index >= 15 is 33.6 Å². The van der Waals surface area contributed by atoms with Gasteiger partial charge >= 0.3 is 0 Å².